The normalized spacial score (nSPS) is 43.2. The number of ketones is 1. The predicted octanol–water partition coefficient (Wildman–Crippen LogP) is 9.09. The molecule has 41 heavy (non-hydrogen) atoms. The number of carbonyl (C=O) groups excluding carboxylic acids is 2. The zero-order valence-corrected chi connectivity index (χ0v) is 27.4. The molecule has 0 bridgehead atoms. The Balaban J connectivity index is 1.41. The highest BCUT2D eigenvalue weighted by Crippen LogP contribution is 2.76. The summed E-state index contributed by atoms with van der Waals surface area (Å²) in [4.78, 5) is 27.1. The second-order valence-electron chi connectivity index (χ2n) is 17.0. The van der Waals surface area contributed by atoms with Gasteiger partial charge < -0.3 is 5.32 Å². The van der Waals surface area contributed by atoms with E-state index < -0.39 is 0 Å². The molecule has 0 radical (unpaired) electrons. The Bertz CT molecular complexity index is 1290. The lowest BCUT2D eigenvalue weighted by Crippen LogP contribution is -2.69. The highest BCUT2D eigenvalue weighted by molar-refractivity contribution is 6.00. The molecule has 0 aliphatic heterocycles. The third kappa shape index (κ3) is 3.95. The van der Waals surface area contributed by atoms with Gasteiger partial charge in [-0.2, -0.15) is 0 Å². The second-order valence-corrected chi connectivity index (χ2v) is 17.0. The number of carbonyl (C=O) groups is 2. The molecule has 1 N–H and O–H groups in total. The van der Waals surface area contributed by atoms with E-state index >= 15 is 0 Å². The van der Waals surface area contributed by atoms with Crippen LogP contribution < -0.4 is 5.32 Å². The van der Waals surface area contributed by atoms with Crippen LogP contribution in [0.1, 0.15) is 129 Å². The summed E-state index contributed by atoms with van der Waals surface area (Å²) in [6.45, 7) is 21.8. The molecular weight excluding hydrogens is 502 g/mol. The third-order valence-electron chi connectivity index (χ3n) is 14.3. The predicted molar refractivity (Wildman–Crippen MR) is 168 cm³/mol. The van der Waals surface area contributed by atoms with Gasteiger partial charge in [0, 0.05) is 18.0 Å². The van der Waals surface area contributed by atoms with Crippen LogP contribution in [0.4, 0.5) is 0 Å². The molecule has 0 spiro atoms. The molecule has 0 saturated heterocycles. The van der Waals surface area contributed by atoms with Gasteiger partial charge >= 0.3 is 0 Å². The van der Waals surface area contributed by atoms with Crippen molar-refractivity contribution in [2.75, 3.05) is 0 Å². The van der Waals surface area contributed by atoms with Crippen molar-refractivity contribution in [2.24, 2.45) is 50.7 Å². The summed E-state index contributed by atoms with van der Waals surface area (Å²) >= 11 is 0. The first kappa shape index (κ1) is 29.2. The van der Waals surface area contributed by atoms with E-state index in [9.17, 15) is 9.59 Å². The molecule has 1 unspecified atom stereocenters. The molecule has 1 amide bonds. The minimum Gasteiger partial charge on any atom is -0.349 e. The van der Waals surface area contributed by atoms with Crippen LogP contribution >= 0.6 is 0 Å². The lowest BCUT2D eigenvalue weighted by Gasteiger charge is -2.72. The number of benzene rings is 1. The van der Waals surface area contributed by atoms with Gasteiger partial charge in [-0.25, -0.2) is 0 Å². The van der Waals surface area contributed by atoms with Crippen molar-refractivity contribution in [1.82, 2.24) is 5.32 Å². The van der Waals surface area contributed by atoms with E-state index in [0.717, 1.165) is 24.8 Å². The first-order valence-corrected chi connectivity index (χ1v) is 16.7. The molecule has 3 heteroatoms. The summed E-state index contributed by atoms with van der Waals surface area (Å²) in [6, 6.07) is 8.25. The van der Waals surface area contributed by atoms with Crippen LogP contribution in [-0.4, -0.2) is 17.7 Å². The number of rotatable bonds is 3. The number of Topliss-reactive ketones (excluding diaryl/α,β-unsaturated/α-hetero) is 1. The summed E-state index contributed by atoms with van der Waals surface area (Å²) in [6.07, 6.45) is 10.2. The van der Waals surface area contributed by atoms with Crippen LogP contribution in [0, 0.1) is 57.7 Å². The van der Waals surface area contributed by atoms with E-state index in [4.69, 9.17) is 0 Å². The van der Waals surface area contributed by atoms with Gasteiger partial charge in [0.15, 0.2) is 5.78 Å². The lowest BCUT2D eigenvalue weighted by atomic mass is 9.32. The van der Waals surface area contributed by atoms with Crippen molar-refractivity contribution in [3.8, 4) is 0 Å². The van der Waals surface area contributed by atoms with Gasteiger partial charge in [0.1, 0.15) is 0 Å². The van der Waals surface area contributed by atoms with Gasteiger partial charge in [-0.1, -0.05) is 78.7 Å². The van der Waals surface area contributed by atoms with E-state index in [1.165, 1.54) is 49.7 Å². The smallest absolute Gasteiger partial charge is 0.251 e. The average molecular weight is 558 g/mol. The maximum absolute atomic E-state index is 13.7. The number of nitrogens with one attached hydrogen (secondary N) is 1. The standard InChI is InChI=1S/C38H55NO2/c1-23(2)31-27(40)22-35(6)20-21-36(7)26(32(31)35)14-15-29-37(36,8)19-16-28-34(4,5)18-17-30(38(28,29)9)39-33(41)25-12-10-24(3)11-13-25/h10-13,23,26,28-30H,14-22H2,1-9H3,(H,39,41)/t26-,28+,29+,30?,35+,36-,37-,38+/m1/s1. The molecule has 4 saturated carbocycles. The summed E-state index contributed by atoms with van der Waals surface area (Å²) < 4.78 is 0. The minimum atomic E-state index is 0.0462. The molecule has 1 aromatic rings. The Kier molecular flexibility index (Phi) is 6.62. The van der Waals surface area contributed by atoms with E-state index in [2.05, 4.69) is 67.6 Å². The first-order chi connectivity index (χ1) is 19.1. The topological polar surface area (TPSA) is 46.2 Å². The van der Waals surface area contributed by atoms with Crippen molar-refractivity contribution < 1.29 is 9.59 Å². The zero-order valence-electron chi connectivity index (χ0n) is 27.4. The second kappa shape index (κ2) is 9.30. The van der Waals surface area contributed by atoms with Gasteiger partial charge in [-0.3, -0.25) is 9.59 Å². The molecule has 4 fully saturated rings. The van der Waals surface area contributed by atoms with Crippen LogP contribution in [-0.2, 0) is 4.79 Å². The summed E-state index contributed by atoms with van der Waals surface area (Å²) in [5.74, 6) is 2.48. The van der Waals surface area contributed by atoms with Crippen LogP contribution in [0.2, 0.25) is 0 Å². The van der Waals surface area contributed by atoms with E-state index in [1.54, 1.807) is 5.57 Å². The fraction of sp³-hybridized carbons (Fsp3) is 0.737. The average Bonchev–Trinajstić information content (AvgIpc) is 3.17. The molecule has 224 valence electrons. The Morgan fingerprint density at radius 1 is 0.829 bits per heavy atom. The summed E-state index contributed by atoms with van der Waals surface area (Å²) in [5.41, 5.74) is 5.45. The molecule has 1 aromatic carbocycles. The summed E-state index contributed by atoms with van der Waals surface area (Å²) in [5, 5.41) is 3.64. The highest BCUT2D eigenvalue weighted by atomic mass is 16.1. The van der Waals surface area contributed by atoms with Crippen molar-refractivity contribution in [2.45, 2.75) is 126 Å². The number of fused-ring (bicyclic) bond motifs is 7. The summed E-state index contributed by atoms with van der Waals surface area (Å²) in [7, 11) is 0. The SMILES string of the molecule is Cc1ccc(C(=O)NC2CCC(C)(C)[C@@H]3CC[C@]4(C)[C@H](CC[C@@H]5C6=C(C(C)C)C(=O)C[C@]6(C)CC[C@]54C)[C@@]23C)cc1. The monoisotopic (exact) mass is 557 g/mol. The van der Waals surface area contributed by atoms with Crippen molar-refractivity contribution in [3.05, 3.63) is 46.5 Å². The molecule has 0 aromatic heterocycles. The number of hydrogen-bond donors (Lipinski definition) is 1. The Morgan fingerprint density at radius 3 is 2.17 bits per heavy atom. The van der Waals surface area contributed by atoms with Crippen molar-refractivity contribution in [1.29, 1.82) is 0 Å². The molecule has 6 rings (SSSR count). The number of amides is 1. The highest BCUT2D eigenvalue weighted by Gasteiger charge is 2.70. The van der Waals surface area contributed by atoms with Crippen LogP contribution in [0.25, 0.3) is 0 Å². The fourth-order valence-electron chi connectivity index (χ4n) is 12.1. The van der Waals surface area contributed by atoms with Gasteiger partial charge in [-0.05, 0) is 127 Å². The van der Waals surface area contributed by atoms with Crippen LogP contribution in [0.5, 0.6) is 0 Å². The first-order valence-electron chi connectivity index (χ1n) is 16.7. The Morgan fingerprint density at radius 2 is 1.51 bits per heavy atom. The molecule has 8 atom stereocenters. The quantitative estimate of drug-likeness (QED) is 0.403. The zero-order chi connectivity index (χ0) is 29.8. The molecule has 5 aliphatic rings. The number of hydrogen-bond acceptors (Lipinski definition) is 2. The van der Waals surface area contributed by atoms with Gasteiger partial charge in [-0.15, -0.1) is 0 Å². The Hall–Kier alpha value is -1.90. The Labute approximate surface area is 249 Å². The maximum Gasteiger partial charge on any atom is 0.251 e. The molecule has 0 heterocycles. The van der Waals surface area contributed by atoms with Crippen LogP contribution in [0.3, 0.4) is 0 Å². The number of aryl methyl sites for hydroxylation is 1. The molecule has 5 aliphatic carbocycles. The van der Waals surface area contributed by atoms with E-state index in [1.807, 2.05) is 24.3 Å². The van der Waals surface area contributed by atoms with Gasteiger partial charge in [0.2, 0.25) is 0 Å². The van der Waals surface area contributed by atoms with E-state index in [-0.39, 0.29) is 39.0 Å². The third-order valence-corrected chi connectivity index (χ3v) is 14.3. The van der Waals surface area contributed by atoms with Crippen LogP contribution in [0.15, 0.2) is 35.4 Å². The van der Waals surface area contributed by atoms with Gasteiger partial charge in [0.25, 0.3) is 5.91 Å². The van der Waals surface area contributed by atoms with E-state index in [0.29, 0.717) is 29.5 Å². The minimum absolute atomic E-state index is 0.0462. The van der Waals surface area contributed by atoms with Crippen molar-refractivity contribution >= 4 is 11.7 Å². The van der Waals surface area contributed by atoms with Gasteiger partial charge in [0.05, 0.1) is 0 Å². The molecule has 3 nitrogen and oxygen atoms in total. The fourth-order valence-corrected chi connectivity index (χ4v) is 12.1. The maximum atomic E-state index is 13.7. The lowest BCUT2D eigenvalue weighted by molar-refractivity contribution is -0.219. The molecular formula is C38H55NO2. The largest absolute Gasteiger partial charge is 0.349 e. The van der Waals surface area contributed by atoms with Crippen molar-refractivity contribution in [3.63, 3.8) is 0 Å². The number of allylic oxidation sites excluding steroid dienone is 2.